The number of nitrogens with zero attached hydrogens (tertiary/aromatic N) is 5. The number of nitrogens with one attached hydrogen (secondary N) is 1. The van der Waals surface area contributed by atoms with Gasteiger partial charge in [0.05, 0.1) is 29.4 Å². The van der Waals surface area contributed by atoms with Gasteiger partial charge in [-0.05, 0) is 54.6 Å². The van der Waals surface area contributed by atoms with Crippen molar-refractivity contribution < 1.29 is 25.6 Å². The Hall–Kier alpha value is -3.72. The SMILES string of the molecule is CN1CCN(S(=O)(=O)CC/N=C(/NS(=O)(=O)c2ccc(F)cc2)N2C[C@@H](c3ccccc3)C(c3ccc(F)cc3)=N2)CC1. The minimum Gasteiger partial charge on any atom is -0.304 e. The van der Waals surface area contributed by atoms with E-state index in [2.05, 4.69) is 9.71 Å². The van der Waals surface area contributed by atoms with E-state index in [1.54, 1.807) is 12.1 Å². The number of halogens is 2. The number of guanidine groups is 1. The first-order chi connectivity index (χ1) is 20.5. The Kier molecular flexibility index (Phi) is 9.20. The zero-order valence-electron chi connectivity index (χ0n) is 23.5. The van der Waals surface area contributed by atoms with Crippen molar-refractivity contribution in [3.8, 4) is 0 Å². The summed E-state index contributed by atoms with van der Waals surface area (Å²) in [5.41, 5.74) is 2.09. The summed E-state index contributed by atoms with van der Waals surface area (Å²) in [6.07, 6.45) is 0. The topological polar surface area (TPSA) is 115 Å². The van der Waals surface area contributed by atoms with E-state index in [1.807, 2.05) is 42.3 Å². The molecule has 0 amide bonds. The number of rotatable bonds is 8. The number of hydrazone groups is 1. The van der Waals surface area contributed by atoms with Gasteiger partial charge in [0.2, 0.25) is 16.0 Å². The molecule has 2 aliphatic rings. The molecule has 10 nitrogen and oxygen atoms in total. The van der Waals surface area contributed by atoms with Gasteiger partial charge in [0.15, 0.2) is 0 Å². The molecule has 0 unspecified atom stereocenters. The lowest BCUT2D eigenvalue weighted by Crippen LogP contribution is -2.48. The highest BCUT2D eigenvalue weighted by molar-refractivity contribution is 7.90. The Morgan fingerprint density at radius 2 is 1.49 bits per heavy atom. The molecule has 14 heteroatoms. The van der Waals surface area contributed by atoms with E-state index in [-0.39, 0.29) is 35.6 Å². The van der Waals surface area contributed by atoms with E-state index < -0.39 is 31.7 Å². The number of piperazine rings is 1. The molecular formula is C29H32F2N6O4S2. The van der Waals surface area contributed by atoms with Gasteiger partial charge in [-0.25, -0.2) is 40.3 Å². The lowest BCUT2D eigenvalue weighted by Gasteiger charge is -2.31. The predicted molar refractivity (Wildman–Crippen MR) is 161 cm³/mol. The third-order valence-electron chi connectivity index (χ3n) is 7.32. The first-order valence-electron chi connectivity index (χ1n) is 13.7. The first-order valence-corrected chi connectivity index (χ1v) is 16.8. The van der Waals surface area contributed by atoms with Crippen LogP contribution in [0.5, 0.6) is 0 Å². The van der Waals surface area contributed by atoms with Crippen molar-refractivity contribution in [2.24, 2.45) is 10.1 Å². The van der Waals surface area contributed by atoms with Crippen molar-refractivity contribution in [1.82, 2.24) is 18.9 Å². The number of sulfonamides is 2. The van der Waals surface area contributed by atoms with Gasteiger partial charge in [-0.2, -0.15) is 9.41 Å². The lowest BCUT2D eigenvalue weighted by atomic mass is 9.91. The fourth-order valence-electron chi connectivity index (χ4n) is 4.88. The second-order valence-corrected chi connectivity index (χ2v) is 14.1. The normalized spacial score (nSPS) is 19.0. The van der Waals surface area contributed by atoms with Crippen molar-refractivity contribution >= 4 is 31.7 Å². The number of hydrogen-bond donors (Lipinski definition) is 1. The molecule has 1 fully saturated rings. The van der Waals surface area contributed by atoms with Crippen LogP contribution < -0.4 is 4.72 Å². The maximum atomic E-state index is 13.7. The minimum atomic E-state index is -4.25. The molecular weight excluding hydrogens is 598 g/mol. The van der Waals surface area contributed by atoms with E-state index in [0.29, 0.717) is 37.5 Å². The number of hydrogen-bond acceptors (Lipinski definition) is 7. The van der Waals surface area contributed by atoms with Crippen LogP contribution in [0.1, 0.15) is 17.0 Å². The van der Waals surface area contributed by atoms with Crippen molar-refractivity contribution in [3.05, 3.63) is 102 Å². The molecule has 0 aliphatic carbocycles. The van der Waals surface area contributed by atoms with Gasteiger partial charge in [0.25, 0.3) is 10.0 Å². The monoisotopic (exact) mass is 630 g/mol. The molecule has 228 valence electrons. The number of likely N-dealkylation sites (N-methyl/N-ethyl adjacent to an activating group) is 1. The minimum absolute atomic E-state index is 0.173. The molecule has 0 bridgehead atoms. The largest absolute Gasteiger partial charge is 0.304 e. The molecule has 3 aromatic rings. The van der Waals surface area contributed by atoms with E-state index in [0.717, 1.165) is 29.8 Å². The van der Waals surface area contributed by atoms with Gasteiger partial charge >= 0.3 is 0 Å². The van der Waals surface area contributed by atoms with Crippen LogP contribution in [-0.2, 0) is 20.0 Å². The molecule has 1 atom stereocenters. The Balaban J connectivity index is 1.48. The second kappa shape index (κ2) is 12.9. The van der Waals surface area contributed by atoms with Crippen LogP contribution >= 0.6 is 0 Å². The standard InChI is InChI=1S/C29H32F2N6O4S2/c1-35-16-18-36(19-17-35)42(38,39)20-15-32-29(34-43(40,41)26-13-11-25(31)12-14-26)37-21-27(22-5-3-2-4-6-22)28(33-37)23-7-9-24(30)10-8-23/h2-14,27H,15-21H2,1H3,(H,32,34)/t27-/m0/s1. The Bertz CT molecular complexity index is 1690. The molecule has 0 spiro atoms. The molecule has 0 radical (unpaired) electrons. The van der Waals surface area contributed by atoms with Crippen molar-refractivity contribution in [2.75, 3.05) is 52.1 Å². The average Bonchev–Trinajstić information content (AvgIpc) is 3.43. The Labute approximate surface area is 250 Å². The summed E-state index contributed by atoms with van der Waals surface area (Å²) in [6, 6.07) is 19.6. The van der Waals surface area contributed by atoms with Crippen molar-refractivity contribution in [1.29, 1.82) is 0 Å². The Morgan fingerprint density at radius 3 is 2.12 bits per heavy atom. The molecule has 2 heterocycles. The molecule has 0 saturated carbocycles. The van der Waals surface area contributed by atoms with E-state index in [1.165, 1.54) is 21.4 Å². The van der Waals surface area contributed by atoms with Gasteiger partial charge in [-0.1, -0.05) is 42.5 Å². The average molecular weight is 631 g/mol. The maximum absolute atomic E-state index is 13.7. The summed E-state index contributed by atoms with van der Waals surface area (Å²) in [4.78, 5) is 6.23. The maximum Gasteiger partial charge on any atom is 0.264 e. The van der Waals surface area contributed by atoms with Crippen LogP contribution in [-0.4, -0.2) is 94.8 Å². The summed E-state index contributed by atoms with van der Waals surface area (Å²) >= 11 is 0. The van der Waals surface area contributed by atoms with Gasteiger partial charge in [0, 0.05) is 32.1 Å². The molecule has 1 saturated heterocycles. The zero-order chi connectivity index (χ0) is 30.6. The predicted octanol–water partition coefficient (Wildman–Crippen LogP) is 2.68. The van der Waals surface area contributed by atoms with Crippen LogP contribution in [0.2, 0.25) is 0 Å². The highest BCUT2D eigenvalue weighted by atomic mass is 32.2. The van der Waals surface area contributed by atoms with Crippen LogP contribution in [0.25, 0.3) is 0 Å². The quantitative estimate of drug-likeness (QED) is 0.303. The van der Waals surface area contributed by atoms with E-state index >= 15 is 0 Å². The first kappa shape index (κ1) is 30.7. The highest BCUT2D eigenvalue weighted by Crippen LogP contribution is 2.29. The Morgan fingerprint density at radius 1 is 0.884 bits per heavy atom. The van der Waals surface area contributed by atoms with Gasteiger partial charge in [0.1, 0.15) is 11.6 Å². The van der Waals surface area contributed by atoms with E-state index in [9.17, 15) is 25.6 Å². The second-order valence-electron chi connectivity index (χ2n) is 10.3. The van der Waals surface area contributed by atoms with E-state index in [4.69, 9.17) is 5.10 Å². The molecule has 1 N–H and O–H groups in total. The smallest absolute Gasteiger partial charge is 0.264 e. The fraction of sp³-hybridized carbons (Fsp3) is 0.310. The van der Waals surface area contributed by atoms with Gasteiger partial charge in [-0.3, -0.25) is 0 Å². The fourth-order valence-corrected chi connectivity index (χ4v) is 7.21. The molecule has 2 aliphatic heterocycles. The number of aliphatic imine (C=N–C) groups is 1. The number of benzene rings is 3. The van der Waals surface area contributed by atoms with Crippen LogP contribution in [0, 0.1) is 11.6 Å². The van der Waals surface area contributed by atoms with Crippen molar-refractivity contribution in [2.45, 2.75) is 10.8 Å². The third-order valence-corrected chi connectivity index (χ3v) is 10.5. The van der Waals surface area contributed by atoms with Crippen LogP contribution in [0.4, 0.5) is 8.78 Å². The summed E-state index contributed by atoms with van der Waals surface area (Å²) in [5.74, 6) is -1.85. The molecule has 5 rings (SSSR count). The van der Waals surface area contributed by atoms with Gasteiger partial charge in [-0.15, -0.1) is 0 Å². The van der Waals surface area contributed by atoms with Gasteiger partial charge < -0.3 is 4.90 Å². The zero-order valence-corrected chi connectivity index (χ0v) is 25.1. The lowest BCUT2D eigenvalue weighted by molar-refractivity contribution is 0.222. The van der Waals surface area contributed by atoms with Crippen LogP contribution in [0.3, 0.4) is 0 Å². The summed E-state index contributed by atoms with van der Waals surface area (Å²) in [6.45, 7) is 1.89. The van der Waals surface area contributed by atoms with Crippen molar-refractivity contribution in [3.63, 3.8) is 0 Å². The van der Waals surface area contributed by atoms with Crippen LogP contribution in [0.15, 0.2) is 93.9 Å². The highest BCUT2D eigenvalue weighted by Gasteiger charge is 2.33. The third kappa shape index (κ3) is 7.44. The summed E-state index contributed by atoms with van der Waals surface area (Å²) in [5, 5.41) is 6.07. The molecule has 3 aromatic carbocycles. The summed E-state index contributed by atoms with van der Waals surface area (Å²) < 4.78 is 83.8. The summed E-state index contributed by atoms with van der Waals surface area (Å²) in [7, 11) is -5.97. The molecule has 43 heavy (non-hydrogen) atoms. The molecule has 0 aromatic heterocycles.